The zero-order valence-corrected chi connectivity index (χ0v) is 17.2. The van der Waals surface area contributed by atoms with Crippen LogP contribution in [0.15, 0.2) is 41.2 Å². The summed E-state index contributed by atoms with van der Waals surface area (Å²) in [6.45, 7) is 5.89. The fraction of sp³-hybridized carbons (Fsp3) is 0.250. The van der Waals surface area contributed by atoms with Crippen molar-refractivity contribution in [1.82, 2.24) is 24.5 Å². The van der Waals surface area contributed by atoms with E-state index in [1.165, 1.54) is 11.3 Å². The third kappa shape index (κ3) is 3.68. The predicted octanol–water partition coefficient (Wildman–Crippen LogP) is 2.99. The molecule has 4 rings (SSSR count). The highest BCUT2D eigenvalue weighted by Crippen LogP contribution is 2.24. The third-order valence-corrected chi connectivity index (χ3v) is 5.38. The predicted molar refractivity (Wildman–Crippen MR) is 113 cm³/mol. The molecule has 0 fully saturated rings. The standard InChI is InChI=1S/C20H20N6O2S/c1-12-11-17(28)25(10-9-16(27)21-20-23-22-14(3)29-20)19-18(12)13(2)24-26(19)15-7-5-4-6-8-15/h4-8,11H,9-10H2,1-3H3,(H,21,23,27). The minimum atomic E-state index is -0.218. The molecule has 8 nitrogen and oxygen atoms in total. The molecule has 3 aromatic heterocycles. The number of carbonyl (C=O) groups excluding carboxylic acids is 1. The quantitative estimate of drug-likeness (QED) is 0.548. The van der Waals surface area contributed by atoms with Gasteiger partial charge in [-0.3, -0.25) is 14.2 Å². The van der Waals surface area contributed by atoms with Crippen LogP contribution in [0.5, 0.6) is 0 Å². The van der Waals surface area contributed by atoms with Crippen LogP contribution >= 0.6 is 11.3 Å². The number of hydrogen-bond acceptors (Lipinski definition) is 6. The molecule has 148 valence electrons. The van der Waals surface area contributed by atoms with Gasteiger partial charge in [-0.25, -0.2) is 4.68 Å². The summed E-state index contributed by atoms with van der Waals surface area (Å²) in [5, 5.41) is 17.3. The number of hydrogen-bond donors (Lipinski definition) is 1. The summed E-state index contributed by atoms with van der Waals surface area (Å²) >= 11 is 1.31. The molecule has 4 aromatic rings. The van der Waals surface area contributed by atoms with E-state index in [4.69, 9.17) is 0 Å². The number of aryl methyl sites for hydroxylation is 4. The molecule has 0 aliphatic carbocycles. The number of nitrogens with zero attached hydrogens (tertiary/aromatic N) is 5. The lowest BCUT2D eigenvalue weighted by Crippen LogP contribution is -2.25. The molecule has 0 radical (unpaired) electrons. The molecular weight excluding hydrogens is 388 g/mol. The number of carbonyl (C=O) groups is 1. The van der Waals surface area contributed by atoms with E-state index in [0.717, 1.165) is 27.3 Å². The van der Waals surface area contributed by atoms with Crippen LogP contribution in [0.3, 0.4) is 0 Å². The van der Waals surface area contributed by atoms with Gasteiger partial charge < -0.3 is 5.32 Å². The Morgan fingerprint density at radius 2 is 1.90 bits per heavy atom. The first-order chi connectivity index (χ1) is 13.9. The number of amides is 1. The van der Waals surface area contributed by atoms with Crippen LogP contribution in [0.4, 0.5) is 5.13 Å². The molecule has 1 aromatic carbocycles. The average Bonchev–Trinajstić information content (AvgIpc) is 3.25. The molecule has 0 atom stereocenters. The summed E-state index contributed by atoms with van der Waals surface area (Å²) in [5.74, 6) is -0.218. The van der Waals surface area contributed by atoms with Gasteiger partial charge in [0.2, 0.25) is 11.0 Å². The molecule has 0 aliphatic heterocycles. The van der Waals surface area contributed by atoms with Crippen LogP contribution in [0.2, 0.25) is 0 Å². The van der Waals surface area contributed by atoms with Crippen LogP contribution in [0.25, 0.3) is 16.7 Å². The summed E-state index contributed by atoms with van der Waals surface area (Å²) < 4.78 is 3.38. The van der Waals surface area contributed by atoms with E-state index in [1.54, 1.807) is 15.3 Å². The number of pyridine rings is 1. The molecule has 0 bridgehead atoms. The van der Waals surface area contributed by atoms with E-state index >= 15 is 0 Å². The molecule has 1 amide bonds. The zero-order chi connectivity index (χ0) is 20.5. The summed E-state index contributed by atoms with van der Waals surface area (Å²) in [4.78, 5) is 25.2. The molecule has 0 aliphatic rings. The summed E-state index contributed by atoms with van der Waals surface area (Å²) in [5.41, 5.74) is 3.10. The molecule has 9 heteroatoms. The van der Waals surface area contributed by atoms with Gasteiger partial charge in [0.25, 0.3) is 5.56 Å². The Labute approximate surface area is 170 Å². The van der Waals surface area contributed by atoms with Gasteiger partial charge in [-0.2, -0.15) is 5.10 Å². The van der Waals surface area contributed by atoms with Crippen molar-refractivity contribution in [1.29, 1.82) is 0 Å². The number of fused-ring (bicyclic) bond motifs is 1. The molecule has 3 heterocycles. The number of rotatable bonds is 5. The summed E-state index contributed by atoms with van der Waals surface area (Å²) in [7, 11) is 0. The van der Waals surface area contributed by atoms with E-state index in [-0.39, 0.29) is 24.4 Å². The molecule has 0 spiro atoms. The highest BCUT2D eigenvalue weighted by atomic mass is 32.1. The molecular formula is C20H20N6O2S. The van der Waals surface area contributed by atoms with E-state index in [0.29, 0.717) is 10.8 Å². The third-order valence-electron chi connectivity index (χ3n) is 4.63. The monoisotopic (exact) mass is 408 g/mol. The molecule has 0 unspecified atom stereocenters. The highest BCUT2D eigenvalue weighted by molar-refractivity contribution is 7.15. The van der Waals surface area contributed by atoms with E-state index in [9.17, 15) is 9.59 Å². The van der Waals surface area contributed by atoms with E-state index in [2.05, 4.69) is 20.6 Å². The van der Waals surface area contributed by atoms with Crippen molar-refractivity contribution in [2.24, 2.45) is 0 Å². The Hall–Kier alpha value is -3.33. The second-order valence-corrected chi connectivity index (χ2v) is 7.95. The van der Waals surface area contributed by atoms with Crippen molar-refractivity contribution in [2.75, 3.05) is 5.32 Å². The van der Waals surface area contributed by atoms with Crippen LogP contribution < -0.4 is 10.9 Å². The first-order valence-corrected chi connectivity index (χ1v) is 10.0. The minimum Gasteiger partial charge on any atom is -0.300 e. The van der Waals surface area contributed by atoms with Gasteiger partial charge in [-0.1, -0.05) is 29.5 Å². The van der Waals surface area contributed by atoms with Crippen LogP contribution in [-0.4, -0.2) is 30.5 Å². The van der Waals surface area contributed by atoms with Crippen molar-refractivity contribution in [2.45, 2.75) is 33.7 Å². The van der Waals surface area contributed by atoms with Gasteiger partial charge in [0.1, 0.15) is 10.7 Å². The van der Waals surface area contributed by atoms with Crippen molar-refractivity contribution in [3.05, 3.63) is 63.0 Å². The summed E-state index contributed by atoms with van der Waals surface area (Å²) in [6, 6.07) is 11.3. The maximum Gasteiger partial charge on any atom is 0.252 e. The number of para-hydroxylation sites is 1. The fourth-order valence-electron chi connectivity index (χ4n) is 3.37. The van der Waals surface area contributed by atoms with Gasteiger partial charge in [-0.15, -0.1) is 10.2 Å². The molecule has 0 saturated carbocycles. The topological polar surface area (TPSA) is 94.7 Å². The Balaban J connectivity index is 1.72. The van der Waals surface area contributed by atoms with Gasteiger partial charge in [-0.05, 0) is 38.5 Å². The first kappa shape index (κ1) is 19.0. The van der Waals surface area contributed by atoms with Crippen LogP contribution in [-0.2, 0) is 11.3 Å². The van der Waals surface area contributed by atoms with Gasteiger partial charge in [0.05, 0.1) is 11.4 Å². The zero-order valence-electron chi connectivity index (χ0n) is 16.3. The normalized spacial score (nSPS) is 11.1. The second-order valence-electron chi connectivity index (χ2n) is 6.77. The van der Waals surface area contributed by atoms with Gasteiger partial charge >= 0.3 is 0 Å². The number of benzene rings is 1. The Morgan fingerprint density at radius 1 is 1.14 bits per heavy atom. The second kappa shape index (κ2) is 7.59. The Bertz CT molecular complexity index is 1260. The lowest BCUT2D eigenvalue weighted by Gasteiger charge is -2.12. The Morgan fingerprint density at radius 3 is 2.59 bits per heavy atom. The average molecular weight is 408 g/mol. The molecule has 0 saturated heterocycles. The smallest absolute Gasteiger partial charge is 0.252 e. The largest absolute Gasteiger partial charge is 0.300 e. The van der Waals surface area contributed by atoms with Crippen LogP contribution in [0, 0.1) is 20.8 Å². The van der Waals surface area contributed by atoms with E-state index < -0.39 is 0 Å². The molecule has 1 N–H and O–H groups in total. The van der Waals surface area contributed by atoms with Gasteiger partial charge in [0.15, 0.2) is 0 Å². The SMILES string of the molecule is Cc1nnc(NC(=O)CCn2c(=O)cc(C)c3c(C)nn(-c4ccccc4)c32)s1. The van der Waals surface area contributed by atoms with Gasteiger partial charge in [0, 0.05) is 24.4 Å². The summed E-state index contributed by atoms with van der Waals surface area (Å²) in [6.07, 6.45) is 0.135. The van der Waals surface area contributed by atoms with Crippen molar-refractivity contribution in [3.63, 3.8) is 0 Å². The number of anilines is 1. The van der Waals surface area contributed by atoms with Crippen LogP contribution in [0.1, 0.15) is 22.7 Å². The van der Waals surface area contributed by atoms with Crippen molar-refractivity contribution in [3.8, 4) is 5.69 Å². The maximum absolute atomic E-state index is 12.8. The molecule has 29 heavy (non-hydrogen) atoms. The lowest BCUT2D eigenvalue weighted by atomic mass is 10.1. The first-order valence-electron chi connectivity index (χ1n) is 9.19. The van der Waals surface area contributed by atoms with Crippen molar-refractivity contribution < 1.29 is 4.79 Å². The minimum absolute atomic E-state index is 0.135. The Kier molecular flexibility index (Phi) is 4.98. The lowest BCUT2D eigenvalue weighted by molar-refractivity contribution is -0.116. The maximum atomic E-state index is 12.8. The van der Waals surface area contributed by atoms with Crippen molar-refractivity contribution >= 4 is 33.4 Å². The van der Waals surface area contributed by atoms with E-state index in [1.807, 2.05) is 51.1 Å². The fourth-order valence-corrected chi connectivity index (χ4v) is 3.98. The number of nitrogens with one attached hydrogen (secondary N) is 1. The highest BCUT2D eigenvalue weighted by Gasteiger charge is 2.18. The number of aromatic nitrogens is 5.